The van der Waals surface area contributed by atoms with Crippen molar-refractivity contribution in [3.05, 3.63) is 0 Å². The van der Waals surface area contributed by atoms with Crippen LogP contribution in [0.5, 0.6) is 0 Å². The second-order valence-corrected chi connectivity index (χ2v) is 4.69. The van der Waals surface area contributed by atoms with Crippen LogP contribution < -0.4 is 0 Å². The number of rotatable bonds is 5. The smallest absolute Gasteiger partial charge is 0.323 e. The van der Waals surface area contributed by atoms with Gasteiger partial charge >= 0.3 is 5.97 Å². The van der Waals surface area contributed by atoms with Crippen molar-refractivity contribution in [1.29, 1.82) is 0 Å². The largest absolute Gasteiger partial charge is 0.480 e. The molecule has 0 saturated carbocycles. The summed E-state index contributed by atoms with van der Waals surface area (Å²) in [4.78, 5) is 13.0. The molecule has 0 amide bonds. The maximum Gasteiger partial charge on any atom is 0.323 e. The van der Waals surface area contributed by atoms with Crippen LogP contribution >= 0.6 is 0 Å². The Balaban J connectivity index is 4.73. The van der Waals surface area contributed by atoms with Gasteiger partial charge in [-0.05, 0) is 33.2 Å². The van der Waals surface area contributed by atoms with Gasteiger partial charge in [0.05, 0.1) is 0 Å². The molecule has 0 fully saturated rings. The highest BCUT2D eigenvalue weighted by molar-refractivity contribution is 5.77. The summed E-state index contributed by atoms with van der Waals surface area (Å²) >= 11 is 0. The number of carbonyl (C=O) groups is 1. The van der Waals surface area contributed by atoms with Gasteiger partial charge in [-0.2, -0.15) is 0 Å². The first kappa shape index (κ1) is 13.4. The molecular formula is C11H23NO2. The van der Waals surface area contributed by atoms with Gasteiger partial charge in [-0.25, -0.2) is 0 Å². The zero-order valence-corrected chi connectivity index (χ0v) is 10.2. The van der Waals surface area contributed by atoms with Gasteiger partial charge in [0.15, 0.2) is 0 Å². The van der Waals surface area contributed by atoms with E-state index in [1.54, 1.807) is 13.8 Å². The third-order valence-corrected chi connectivity index (χ3v) is 3.09. The van der Waals surface area contributed by atoms with Crippen molar-refractivity contribution in [2.45, 2.75) is 52.6 Å². The predicted molar refractivity (Wildman–Crippen MR) is 58.4 cm³/mol. The van der Waals surface area contributed by atoms with E-state index in [9.17, 15) is 4.79 Å². The predicted octanol–water partition coefficient (Wildman–Crippen LogP) is 2.22. The first-order chi connectivity index (χ1) is 6.25. The minimum absolute atomic E-state index is 0.320. The quantitative estimate of drug-likeness (QED) is 0.741. The third-order valence-electron chi connectivity index (χ3n) is 3.09. The average Bonchev–Trinajstić information content (AvgIpc) is 2.04. The van der Waals surface area contributed by atoms with Crippen LogP contribution in [0.1, 0.15) is 41.0 Å². The van der Waals surface area contributed by atoms with Crippen LogP contribution in [0.3, 0.4) is 0 Å². The monoisotopic (exact) mass is 201 g/mol. The number of nitrogens with zero attached hydrogens (tertiary/aromatic N) is 1. The summed E-state index contributed by atoms with van der Waals surface area (Å²) in [5.74, 6) is -0.289. The number of carboxylic acids is 1. The summed E-state index contributed by atoms with van der Waals surface area (Å²) < 4.78 is 0. The molecule has 0 aromatic carbocycles. The lowest BCUT2D eigenvalue weighted by molar-refractivity contribution is -0.150. The molecule has 14 heavy (non-hydrogen) atoms. The molecule has 0 aliphatic heterocycles. The molecule has 1 atom stereocenters. The van der Waals surface area contributed by atoms with Crippen molar-refractivity contribution in [1.82, 2.24) is 4.90 Å². The molecule has 0 radical (unpaired) electrons. The molecular weight excluding hydrogens is 178 g/mol. The van der Waals surface area contributed by atoms with Crippen LogP contribution in [-0.4, -0.2) is 34.6 Å². The second-order valence-electron chi connectivity index (χ2n) is 4.69. The van der Waals surface area contributed by atoms with Gasteiger partial charge in [0, 0.05) is 6.04 Å². The normalized spacial score (nSPS) is 14.9. The molecule has 0 spiro atoms. The Bertz CT molecular complexity index is 199. The van der Waals surface area contributed by atoms with Crippen molar-refractivity contribution in [3.8, 4) is 0 Å². The number of carboxylic acid groups (broad SMARTS) is 1. The summed E-state index contributed by atoms with van der Waals surface area (Å²) in [6.07, 6.45) is 0.977. The lowest BCUT2D eigenvalue weighted by atomic mass is 9.94. The van der Waals surface area contributed by atoms with Crippen LogP contribution in [0, 0.1) is 5.92 Å². The summed E-state index contributed by atoms with van der Waals surface area (Å²) in [6.45, 7) is 9.85. The number of hydrogen-bond donors (Lipinski definition) is 1. The standard InChI is InChI=1S/C11H23NO2/c1-7-9(8(2)3)12(6)11(4,5)10(13)14/h8-9H,7H2,1-6H3,(H,13,14). The molecule has 84 valence electrons. The SMILES string of the molecule is CCC(C(C)C)N(C)C(C)(C)C(=O)O. The number of aliphatic carboxylic acids is 1. The zero-order valence-electron chi connectivity index (χ0n) is 10.2. The summed E-state index contributed by atoms with van der Waals surface area (Å²) in [5, 5.41) is 9.10. The summed E-state index contributed by atoms with van der Waals surface area (Å²) in [5.41, 5.74) is -0.787. The molecule has 0 aromatic rings. The topological polar surface area (TPSA) is 40.5 Å². The fourth-order valence-electron chi connectivity index (χ4n) is 1.76. The van der Waals surface area contributed by atoms with Gasteiger partial charge in [0.1, 0.15) is 5.54 Å². The molecule has 0 heterocycles. The van der Waals surface area contributed by atoms with Crippen molar-refractivity contribution < 1.29 is 9.90 Å². The zero-order chi connectivity index (χ0) is 11.5. The van der Waals surface area contributed by atoms with Crippen LogP contribution in [0.15, 0.2) is 0 Å². The molecule has 1 N–H and O–H groups in total. The Morgan fingerprint density at radius 1 is 1.43 bits per heavy atom. The molecule has 0 saturated heterocycles. The summed E-state index contributed by atoms with van der Waals surface area (Å²) in [7, 11) is 1.89. The molecule has 3 heteroatoms. The Morgan fingerprint density at radius 3 is 2.07 bits per heavy atom. The first-order valence-electron chi connectivity index (χ1n) is 5.21. The van der Waals surface area contributed by atoms with E-state index in [4.69, 9.17) is 5.11 Å². The van der Waals surface area contributed by atoms with E-state index >= 15 is 0 Å². The van der Waals surface area contributed by atoms with Gasteiger partial charge in [-0.1, -0.05) is 20.8 Å². The molecule has 0 aliphatic rings. The third kappa shape index (κ3) is 2.71. The second kappa shape index (κ2) is 4.78. The van der Waals surface area contributed by atoms with E-state index in [-0.39, 0.29) is 0 Å². The van der Waals surface area contributed by atoms with E-state index in [0.717, 1.165) is 6.42 Å². The van der Waals surface area contributed by atoms with Crippen molar-refractivity contribution >= 4 is 5.97 Å². The Morgan fingerprint density at radius 2 is 1.86 bits per heavy atom. The van der Waals surface area contributed by atoms with E-state index in [0.29, 0.717) is 12.0 Å². The molecule has 1 unspecified atom stereocenters. The molecule has 3 nitrogen and oxygen atoms in total. The van der Waals surface area contributed by atoms with E-state index in [1.807, 2.05) is 11.9 Å². The molecule has 0 aromatic heterocycles. The van der Waals surface area contributed by atoms with Crippen LogP contribution in [-0.2, 0) is 4.79 Å². The van der Waals surface area contributed by atoms with Crippen LogP contribution in [0.4, 0.5) is 0 Å². The van der Waals surface area contributed by atoms with E-state index in [2.05, 4.69) is 20.8 Å². The van der Waals surface area contributed by atoms with Gasteiger partial charge in [-0.3, -0.25) is 9.69 Å². The lowest BCUT2D eigenvalue weighted by Crippen LogP contribution is -2.53. The minimum atomic E-state index is -0.787. The summed E-state index contributed by atoms with van der Waals surface area (Å²) in [6, 6.07) is 0.320. The number of hydrogen-bond acceptors (Lipinski definition) is 2. The molecule has 0 aliphatic carbocycles. The van der Waals surface area contributed by atoms with E-state index in [1.165, 1.54) is 0 Å². The molecule has 0 bridgehead atoms. The average molecular weight is 201 g/mol. The fourth-order valence-corrected chi connectivity index (χ4v) is 1.76. The van der Waals surface area contributed by atoms with Gasteiger partial charge in [0.25, 0.3) is 0 Å². The van der Waals surface area contributed by atoms with Crippen molar-refractivity contribution in [3.63, 3.8) is 0 Å². The van der Waals surface area contributed by atoms with Crippen molar-refractivity contribution in [2.24, 2.45) is 5.92 Å². The highest BCUT2D eigenvalue weighted by Gasteiger charge is 2.36. The first-order valence-corrected chi connectivity index (χ1v) is 5.21. The van der Waals surface area contributed by atoms with Gasteiger partial charge in [0.2, 0.25) is 0 Å². The minimum Gasteiger partial charge on any atom is -0.480 e. The van der Waals surface area contributed by atoms with Gasteiger partial charge in [-0.15, -0.1) is 0 Å². The maximum atomic E-state index is 11.1. The lowest BCUT2D eigenvalue weighted by Gasteiger charge is -2.39. The highest BCUT2D eigenvalue weighted by atomic mass is 16.4. The van der Waals surface area contributed by atoms with Gasteiger partial charge < -0.3 is 5.11 Å². The molecule has 0 rings (SSSR count). The van der Waals surface area contributed by atoms with Crippen LogP contribution in [0.2, 0.25) is 0 Å². The highest BCUT2D eigenvalue weighted by Crippen LogP contribution is 2.22. The van der Waals surface area contributed by atoms with Crippen molar-refractivity contribution in [2.75, 3.05) is 7.05 Å². The Labute approximate surface area is 87.1 Å². The number of likely N-dealkylation sites (N-methyl/N-ethyl adjacent to an activating group) is 1. The fraction of sp³-hybridized carbons (Fsp3) is 0.909. The maximum absolute atomic E-state index is 11.1. The Hall–Kier alpha value is -0.570. The van der Waals surface area contributed by atoms with Crippen LogP contribution in [0.25, 0.3) is 0 Å². The van der Waals surface area contributed by atoms with E-state index < -0.39 is 11.5 Å². The Kier molecular flexibility index (Phi) is 4.59.